The number of carbonyl (C=O) groups is 1. The SMILES string of the molecule is COC(=O)N(C)Cc1cc(OC)ns1. The van der Waals surface area contributed by atoms with Crippen molar-refractivity contribution in [2.24, 2.45) is 0 Å². The van der Waals surface area contributed by atoms with Crippen molar-refractivity contribution in [2.75, 3.05) is 21.3 Å². The molecule has 0 bridgehead atoms. The van der Waals surface area contributed by atoms with Crippen LogP contribution in [0.3, 0.4) is 0 Å². The van der Waals surface area contributed by atoms with E-state index < -0.39 is 0 Å². The molecule has 5 nitrogen and oxygen atoms in total. The van der Waals surface area contributed by atoms with E-state index in [1.165, 1.54) is 23.5 Å². The minimum atomic E-state index is -0.364. The lowest BCUT2D eigenvalue weighted by Gasteiger charge is -2.13. The zero-order valence-electron chi connectivity index (χ0n) is 8.31. The minimum Gasteiger partial charge on any atom is -0.480 e. The molecule has 0 aliphatic heterocycles. The van der Waals surface area contributed by atoms with Gasteiger partial charge in [-0.25, -0.2) is 4.79 Å². The molecule has 1 aromatic rings. The highest BCUT2D eigenvalue weighted by Gasteiger charge is 2.10. The fraction of sp³-hybridized carbons (Fsp3) is 0.500. The number of carbonyl (C=O) groups excluding carboxylic acids is 1. The van der Waals surface area contributed by atoms with E-state index in [9.17, 15) is 4.79 Å². The second kappa shape index (κ2) is 4.80. The largest absolute Gasteiger partial charge is 0.480 e. The summed E-state index contributed by atoms with van der Waals surface area (Å²) in [6.45, 7) is 0.480. The van der Waals surface area contributed by atoms with Gasteiger partial charge in [-0.1, -0.05) is 0 Å². The summed E-state index contributed by atoms with van der Waals surface area (Å²) in [6.07, 6.45) is -0.364. The van der Waals surface area contributed by atoms with Crippen molar-refractivity contribution in [1.29, 1.82) is 0 Å². The Balaban J connectivity index is 2.55. The average Bonchev–Trinajstić information content (AvgIpc) is 2.64. The molecule has 0 unspecified atom stereocenters. The molecule has 6 heteroatoms. The molecular weight excluding hydrogens is 204 g/mol. The van der Waals surface area contributed by atoms with E-state index in [1.807, 2.05) is 0 Å². The lowest BCUT2D eigenvalue weighted by Crippen LogP contribution is -2.25. The van der Waals surface area contributed by atoms with Crippen molar-refractivity contribution in [3.05, 3.63) is 10.9 Å². The molecule has 0 N–H and O–H groups in total. The Morgan fingerprint density at radius 3 is 2.86 bits per heavy atom. The van der Waals surface area contributed by atoms with Crippen LogP contribution in [0.25, 0.3) is 0 Å². The van der Waals surface area contributed by atoms with Crippen LogP contribution in [0.2, 0.25) is 0 Å². The summed E-state index contributed by atoms with van der Waals surface area (Å²) < 4.78 is 13.5. The van der Waals surface area contributed by atoms with Gasteiger partial charge in [0.25, 0.3) is 0 Å². The molecule has 1 heterocycles. The van der Waals surface area contributed by atoms with Gasteiger partial charge >= 0.3 is 6.09 Å². The van der Waals surface area contributed by atoms with E-state index in [4.69, 9.17) is 4.74 Å². The van der Waals surface area contributed by atoms with Crippen LogP contribution in [0.15, 0.2) is 6.07 Å². The smallest absolute Gasteiger partial charge is 0.409 e. The van der Waals surface area contributed by atoms with Gasteiger partial charge in [0.05, 0.1) is 20.8 Å². The molecule has 0 aromatic carbocycles. The first-order valence-corrected chi connectivity index (χ1v) is 4.73. The molecule has 14 heavy (non-hydrogen) atoms. The van der Waals surface area contributed by atoms with Crippen molar-refractivity contribution in [3.8, 4) is 5.88 Å². The molecule has 1 aromatic heterocycles. The predicted octanol–water partition coefficient (Wildman–Crippen LogP) is 1.35. The second-order valence-electron chi connectivity index (χ2n) is 2.66. The van der Waals surface area contributed by atoms with Crippen molar-refractivity contribution < 1.29 is 14.3 Å². The molecule has 0 saturated heterocycles. The van der Waals surface area contributed by atoms with Crippen molar-refractivity contribution in [2.45, 2.75) is 6.54 Å². The van der Waals surface area contributed by atoms with Gasteiger partial charge in [0, 0.05) is 18.0 Å². The third kappa shape index (κ3) is 2.59. The van der Waals surface area contributed by atoms with Gasteiger partial charge < -0.3 is 14.4 Å². The van der Waals surface area contributed by atoms with Crippen LogP contribution in [0.1, 0.15) is 4.88 Å². The van der Waals surface area contributed by atoms with Crippen molar-refractivity contribution in [3.63, 3.8) is 0 Å². The molecule has 0 radical (unpaired) electrons. The molecule has 0 atom stereocenters. The average molecular weight is 216 g/mol. The third-order valence-corrected chi connectivity index (χ3v) is 2.38. The summed E-state index contributed by atoms with van der Waals surface area (Å²) in [5.41, 5.74) is 0. The predicted molar refractivity (Wildman–Crippen MR) is 52.5 cm³/mol. The van der Waals surface area contributed by atoms with Gasteiger partial charge in [-0.05, 0) is 11.5 Å². The topological polar surface area (TPSA) is 51.7 Å². The fourth-order valence-corrected chi connectivity index (χ4v) is 1.66. The first-order valence-electron chi connectivity index (χ1n) is 3.96. The van der Waals surface area contributed by atoms with E-state index in [1.54, 1.807) is 20.2 Å². The number of ether oxygens (including phenoxy) is 2. The first kappa shape index (κ1) is 10.8. The van der Waals surface area contributed by atoms with Crippen LogP contribution in [-0.4, -0.2) is 36.6 Å². The van der Waals surface area contributed by atoms with E-state index in [-0.39, 0.29) is 6.09 Å². The Morgan fingerprint density at radius 1 is 1.64 bits per heavy atom. The Hall–Kier alpha value is -1.30. The maximum atomic E-state index is 11.0. The highest BCUT2D eigenvalue weighted by atomic mass is 32.1. The summed E-state index contributed by atoms with van der Waals surface area (Å²) in [5.74, 6) is 0.572. The van der Waals surface area contributed by atoms with Crippen LogP contribution in [-0.2, 0) is 11.3 Å². The summed E-state index contributed by atoms with van der Waals surface area (Å²) >= 11 is 1.31. The molecule has 0 fully saturated rings. The lowest BCUT2D eigenvalue weighted by atomic mass is 10.4. The highest BCUT2D eigenvalue weighted by molar-refractivity contribution is 7.05. The number of methoxy groups -OCH3 is 2. The molecule has 0 spiro atoms. The Labute approximate surface area is 86.4 Å². The van der Waals surface area contributed by atoms with E-state index in [2.05, 4.69) is 9.11 Å². The maximum Gasteiger partial charge on any atom is 0.409 e. The first-order chi connectivity index (χ1) is 6.67. The fourth-order valence-electron chi connectivity index (χ4n) is 0.919. The molecular formula is C8H12N2O3S. The Kier molecular flexibility index (Phi) is 3.70. The molecule has 0 aliphatic carbocycles. The number of rotatable bonds is 3. The molecule has 78 valence electrons. The standard InChI is InChI=1S/C8H12N2O3S/c1-10(8(11)13-3)5-6-4-7(12-2)9-14-6/h4H,5H2,1-3H3. The van der Waals surface area contributed by atoms with E-state index in [0.717, 1.165) is 4.88 Å². The second-order valence-corrected chi connectivity index (χ2v) is 3.55. The zero-order valence-corrected chi connectivity index (χ0v) is 9.13. The quantitative estimate of drug-likeness (QED) is 0.765. The number of aromatic nitrogens is 1. The lowest BCUT2D eigenvalue weighted by molar-refractivity contribution is 0.131. The van der Waals surface area contributed by atoms with E-state index in [0.29, 0.717) is 12.4 Å². The Bertz CT molecular complexity index is 313. The summed E-state index contributed by atoms with van der Waals surface area (Å²) in [7, 11) is 4.58. The number of hydrogen-bond donors (Lipinski definition) is 0. The van der Waals surface area contributed by atoms with Gasteiger partial charge in [0.15, 0.2) is 0 Å². The van der Waals surface area contributed by atoms with Gasteiger partial charge in [-0.3, -0.25) is 0 Å². The summed E-state index contributed by atoms with van der Waals surface area (Å²) in [6, 6.07) is 1.80. The Morgan fingerprint density at radius 2 is 2.36 bits per heavy atom. The van der Waals surface area contributed by atoms with E-state index >= 15 is 0 Å². The van der Waals surface area contributed by atoms with Crippen LogP contribution >= 0.6 is 11.5 Å². The third-order valence-electron chi connectivity index (χ3n) is 1.63. The van der Waals surface area contributed by atoms with Gasteiger partial charge in [-0.15, -0.1) is 0 Å². The zero-order chi connectivity index (χ0) is 10.6. The molecule has 1 rings (SSSR count). The normalized spacial score (nSPS) is 9.64. The van der Waals surface area contributed by atoms with Crippen LogP contribution in [0, 0.1) is 0 Å². The summed E-state index contributed by atoms with van der Waals surface area (Å²) in [5, 5.41) is 0. The number of hydrogen-bond acceptors (Lipinski definition) is 5. The van der Waals surface area contributed by atoms with Crippen molar-refractivity contribution in [1.82, 2.24) is 9.27 Å². The minimum absolute atomic E-state index is 0.364. The summed E-state index contributed by atoms with van der Waals surface area (Å²) in [4.78, 5) is 13.5. The van der Waals surface area contributed by atoms with Crippen molar-refractivity contribution >= 4 is 17.6 Å². The van der Waals surface area contributed by atoms with Gasteiger partial charge in [0.2, 0.25) is 5.88 Å². The van der Waals surface area contributed by atoms with Gasteiger partial charge in [0.1, 0.15) is 0 Å². The number of amides is 1. The van der Waals surface area contributed by atoms with Crippen LogP contribution in [0.4, 0.5) is 4.79 Å². The molecule has 0 aliphatic rings. The molecule has 1 amide bonds. The highest BCUT2D eigenvalue weighted by Crippen LogP contribution is 2.17. The number of nitrogens with zero attached hydrogens (tertiary/aromatic N) is 2. The monoisotopic (exact) mass is 216 g/mol. The molecule has 0 saturated carbocycles. The van der Waals surface area contributed by atoms with Crippen LogP contribution in [0.5, 0.6) is 5.88 Å². The van der Waals surface area contributed by atoms with Gasteiger partial charge in [-0.2, -0.15) is 4.37 Å². The maximum absolute atomic E-state index is 11.0. The van der Waals surface area contributed by atoms with Crippen LogP contribution < -0.4 is 4.74 Å².